The van der Waals surface area contributed by atoms with Gasteiger partial charge < -0.3 is 9.15 Å². The first kappa shape index (κ1) is 15.2. The molecular formula is C20H15NO4. The Morgan fingerprint density at radius 1 is 1.00 bits per heavy atom. The molecule has 5 nitrogen and oxygen atoms in total. The highest BCUT2D eigenvalue weighted by Gasteiger charge is 2.23. The number of fused-ring (bicyclic) bond motifs is 2. The molecule has 4 rings (SSSR count). The van der Waals surface area contributed by atoms with E-state index in [0.29, 0.717) is 16.8 Å². The number of ether oxygens (including phenoxy) is 1. The molecule has 0 N–H and O–H groups in total. The molecule has 0 amide bonds. The van der Waals surface area contributed by atoms with E-state index in [-0.39, 0.29) is 0 Å². The van der Waals surface area contributed by atoms with Crippen molar-refractivity contribution in [2.75, 3.05) is 0 Å². The lowest BCUT2D eigenvalue weighted by molar-refractivity contribution is -0.137. The first-order chi connectivity index (χ1) is 12.1. The molecule has 0 bridgehead atoms. The summed E-state index contributed by atoms with van der Waals surface area (Å²) in [7, 11) is 0. The van der Waals surface area contributed by atoms with Gasteiger partial charge >= 0.3 is 11.7 Å². The molecule has 0 aliphatic carbocycles. The van der Waals surface area contributed by atoms with Gasteiger partial charge in [0, 0.05) is 5.39 Å². The van der Waals surface area contributed by atoms with E-state index in [1.54, 1.807) is 37.3 Å². The van der Waals surface area contributed by atoms with Gasteiger partial charge in [-0.1, -0.05) is 48.5 Å². The molecule has 1 unspecified atom stereocenters. The highest BCUT2D eigenvalue weighted by molar-refractivity contribution is 5.91. The Morgan fingerprint density at radius 2 is 1.72 bits per heavy atom. The van der Waals surface area contributed by atoms with Crippen LogP contribution in [0.5, 0.6) is 5.75 Å². The Bertz CT molecular complexity index is 1130. The summed E-state index contributed by atoms with van der Waals surface area (Å²) >= 11 is 0. The minimum absolute atomic E-state index is 0.442. The number of hydrogen-bond acceptors (Lipinski definition) is 4. The summed E-state index contributed by atoms with van der Waals surface area (Å²) in [6.45, 7) is 1.62. The van der Waals surface area contributed by atoms with Gasteiger partial charge in [0.1, 0.15) is 11.8 Å². The zero-order valence-corrected chi connectivity index (χ0v) is 13.5. The van der Waals surface area contributed by atoms with Crippen molar-refractivity contribution in [1.29, 1.82) is 0 Å². The molecule has 0 spiro atoms. The summed E-state index contributed by atoms with van der Waals surface area (Å²) in [5.74, 6) is -0.635. The second-order valence-corrected chi connectivity index (χ2v) is 5.78. The molecule has 124 valence electrons. The normalized spacial score (nSPS) is 12.4. The van der Waals surface area contributed by atoms with Crippen LogP contribution in [0.2, 0.25) is 0 Å². The SMILES string of the molecule is CC(C(=O)Oc1cccc2ccccc12)n1c(=O)oc2ccccc21. The minimum atomic E-state index is -0.810. The fourth-order valence-electron chi connectivity index (χ4n) is 2.93. The third kappa shape index (κ3) is 2.59. The summed E-state index contributed by atoms with van der Waals surface area (Å²) in [5, 5.41) is 1.82. The van der Waals surface area contributed by atoms with Crippen LogP contribution < -0.4 is 10.5 Å². The number of carbonyl (C=O) groups is 1. The molecule has 0 radical (unpaired) electrons. The smallest absolute Gasteiger partial charge is 0.420 e. The minimum Gasteiger partial charge on any atom is -0.424 e. The predicted molar refractivity (Wildman–Crippen MR) is 94.8 cm³/mol. The molecule has 0 aliphatic heterocycles. The van der Waals surface area contributed by atoms with E-state index in [4.69, 9.17) is 9.15 Å². The number of para-hydroxylation sites is 2. The average molecular weight is 333 g/mol. The molecule has 0 aliphatic rings. The van der Waals surface area contributed by atoms with Crippen LogP contribution in [0.25, 0.3) is 21.9 Å². The van der Waals surface area contributed by atoms with Gasteiger partial charge in [0.2, 0.25) is 0 Å². The predicted octanol–water partition coefficient (Wildman–Crippen LogP) is 3.91. The van der Waals surface area contributed by atoms with E-state index in [1.807, 2.05) is 36.4 Å². The van der Waals surface area contributed by atoms with Crippen LogP contribution in [0.3, 0.4) is 0 Å². The fourth-order valence-corrected chi connectivity index (χ4v) is 2.93. The van der Waals surface area contributed by atoms with Gasteiger partial charge in [0.15, 0.2) is 5.58 Å². The number of nitrogens with zero attached hydrogens (tertiary/aromatic N) is 1. The fraction of sp³-hybridized carbons (Fsp3) is 0.100. The van der Waals surface area contributed by atoms with Crippen molar-refractivity contribution in [3.05, 3.63) is 77.3 Å². The molecular weight excluding hydrogens is 318 g/mol. The number of benzene rings is 3. The highest BCUT2D eigenvalue weighted by Crippen LogP contribution is 2.26. The van der Waals surface area contributed by atoms with Crippen LogP contribution in [0, 0.1) is 0 Å². The van der Waals surface area contributed by atoms with E-state index >= 15 is 0 Å². The first-order valence-corrected chi connectivity index (χ1v) is 7.94. The van der Waals surface area contributed by atoms with Crippen molar-refractivity contribution in [2.45, 2.75) is 13.0 Å². The lowest BCUT2D eigenvalue weighted by Gasteiger charge is -2.13. The Hall–Kier alpha value is -3.34. The van der Waals surface area contributed by atoms with Gasteiger partial charge in [-0.3, -0.25) is 4.57 Å². The van der Waals surface area contributed by atoms with Gasteiger partial charge in [0.05, 0.1) is 5.52 Å². The molecule has 3 aromatic carbocycles. The third-order valence-corrected chi connectivity index (χ3v) is 4.21. The number of esters is 1. The van der Waals surface area contributed by atoms with Gasteiger partial charge in [-0.05, 0) is 30.5 Å². The molecule has 25 heavy (non-hydrogen) atoms. The van der Waals surface area contributed by atoms with Gasteiger partial charge in [-0.25, -0.2) is 9.59 Å². The van der Waals surface area contributed by atoms with Crippen LogP contribution >= 0.6 is 0 Å². The maximum atomic E-state index is 12.6. The summed E-state index contributed by atoms with van der Waals surface area (Å²) in [6.07, 6.45) is 0. The lowest BCUT2D eigenvalue weighted by Crippen LogP contribution is -2.28. The molecule has 1 aromatic heterocycles. The number of hydrogen-bond donors (Lipinski definition) is 0. The lowest BCUT2D eigenvalue weighted by atomic mass is 10.1. The topological polar surface area (TPSA) is 61.4 Å². The molecule has 0 saturated heterocycles. The van der Waals surface area contributed by atoms with Crippen molar-refractivity contribution in [3.8, 4) is 5.75 Å². The molecule has 0 saturated carbocycles. The second kappa shape index (κ2) is 5.94. The number of oxazole rings is 1. The quantitative estimate of drug-likeness (QED) is 0.421. The molecule has 5 heteroatoms. The van der Waals surface area contributed by atoms with Crippen molar-refractivity contribution in [1.82, 2.24) is 4.57 Å². The monoisotopic (exact) mass is 333 g/mol. The van der Waals surface area contributed by atoms with E-state index in [0.717, 1.165) is 10.8 Å². The van der Waals surface area contributed by atoms with Crippen LogP contribution in [0.4, 0.5) is 0 Å². The van der Waals surface area contributed by atoms with Crippen LogP contribution in [-0.4, -0.2) is 10.5 Å². The summed E-state index contributed by atoms with van der Waals surface area (Å²) < 4.78 is 12.1. The Morgan fingerprint density at radius 3 is 2.60 bits per heavy atom. The van der Waals surface area contributed by atoms with E-state index in [9.17, 15) is 9.59 Å². The number of carbonyl (C=O) groups excluding carboxylic acids is 1. The molecule has 1 heterocycles. The van der Waals surface area contributed by atoms with Gasteiger partial charge in [-0.15, -0.1) is 0 Å². The first-order valence-electron chi connectivity index (χ1n) is 7.94. The van der Waals surface area contributed by atoms with Crippen molar-refractivity contribution in [2.24, 2.45) is 0 Å². The largest absolute Gasteiger partial charge is 0.424 e. The molecule has 1 atom stereocenters. The summed E-state index contributed by atoms with van der Waals surface area (Å²) in [4.78, 5) is 24.8. The highest BCUT2D eigenvalue weighted by atomic mass is 16.5. The van der Waals surface area contributed by atoms with Crippen molar-refractivity contribution < 1.29 is 13.9 Å². The van der Waals surface area contributed by atoms with Crippen molar-refractivity contribution in [3.63, 3.8) is 0 Å². The second-order valence-electron chi connectivity index (χ2n) is 5.78. The van der Waals surface area contributed by atoms with E-state index < -0.39 is 17.8 Å². The number of aromatic nitrogens is 1. The number of rotatable bonds is 3. The van der Waals surface area contributed by atoms with Crippen molar-refractivity contribution >= 4 is 27.8 Å². The Balaban J connectivity index is 1.71. The van der Waals surface area contributed by atoms with E-state index in [2.05, 4.69) is 0 Å². The maximum Gasteiger partial charge on any atom is 0.420 e. The third-order valence-electron chi connectivity index (χ3n) is 4.21. The zero-order chi connectivity index (χ0) is 17.4. The van der Waals surface area contributed by atoms with Crippen LogP contribution in [-0.2, 0) is 4.79 Å². The standard InChI is InChI=1S/C20H15NO4/c1-13(21-16-10-4-5-11-18(16)25-20(21)23)19(22)24-17-12-6-8-14-7-2-3-9-15(14)17/h2-13H,1H3. The van der Waals surface area contributed by atoms with Gasteiger partial charge in [-0.2, -0.15) is 0 Å². The average Bonchev–Trinajstić information content (AvgIpc) is 2.97. The Labute approximate surface area is 143 Å². The van der Waals surface area contributed by atoms with Gasteiger partial charge in [0.25, 0.3) is 0 Å². The maximum absolute atomic E-state index is 12.6. The zero-order valence-electron chi connectivity index (χ0n) is 13.5. The molecule has 0 fully saturated rings. The van der Waals surface area contributed by atoms with Crippen LogP contribution in [0.15, 0.2) is 75.9 Å². The summed E-state index contributed by atoms with van der Waals surface area (Å²) in [6, 6.07) is 19.3. The molecule has 4 aromatic rings. The summed E-state index contributed by atoms with van der Waals surface area (Å²) in [5.41, 5.74) is 1.01. The van der Waals surface area contributed by atoms with Crippen LogP contribution in [0.1, 0.15) is 13.0 Å². The van der Waals surface area contributed by atoms with E-state index in [1.165, 1.54) is 4.57 Å². The Kier molecular flexibility index (Phi) is 3.61.